The fourth-order valence-corrected chi connectivity index (χ4v) is 5.87. The van der Waals surface area contributed by atoms with Crippen LogP contribution in [0.5, 0.6) is 5.75 Å². The van der Waals surface area contributed by atoms with Crippen LogP contribution in [0, 0.1) is 0 Å². The van der Waals surface area contributed by atoms with Gasteiger partial charge in [0.05, 0.1) is 36.0 Å². The fourth-order valence-electron chi connectivity index (χ4n) is 4.33. The van der Waals surface area contributed by atoms with Gasteiger partial charge in [0.25, 0.3) is 5.56 Å². The maximum Gasteiger partial charge on any atom is 0.302 e. The van der Waals surface area contributed by atoms with E-state index in [0.29, 0.717) is 41.1 Å². The molecule has 13 nitrogen and oxygen atoms in total. The lowest BCUT2D eigenvalue weighted by molar-refractivity contribution is -0.141. The number of aromatic nitrogens is 4. The summed E-state index contributed by atoms with van der Waals surface area (Å²) < 4.78 is 46.1. The highest BCUT2D eigenvalue weighted by atomic mass is 32.2. The zero-order chi connectivity index (χ0) is 30.2. The number of rotatable bonds is 15. The van der Waals surface area contributed by atoms with Crippen molar-refractivity contribution in [3.05, 3.63) is 34.2 Å². The molecule has 0 amide bonds. The highest BCUT2D eigenvalue weighted by Crippen LogP contribution is 2.32. The number of fused-ring (bicyclic) bond motifs is 1. The standard InChI is InChI=1S/C27H37N5O8S/c1-6-10-22-24-25(31(5)30-22)27(35)29-26(28-24)21-17-20(11-12-23(21)38-7-2)41(36,37)32(13-8-15-39-18(3)33)14-9-16-40-19(4)34/h11-12,17H,6-10,13-16H2,1-5H3,(H,28,29,35). The smallest absolute Gasteiger partial charge is 0.302 e. The first-order valence-electron chi connectivity index (χ1n) is 13.5. The maximum absolute atomic E-state index is 13.8. The Hall–Kier alpha value is -3.78. The first kappa shape index (κ1) is 31.7. The van der Waals surface area contributed by atoms with Crippen molar-refractivity contribution in [2.24, 2.45) is 7.05 Å². The van der Waals surface area contributed by atoms with Crippen molar-refractivity contribution in [3.8, 4) is 17.1 Å². The van der Waals surface area contributed by atoms with Crippen LogP contribution in [0.15, 0.2) is 27.9 Å². The van der Waals surface area contributed by atoms with Crippen molar-refractivity contribution in [1.29, 1.82) is 0 Å². The van der Waals surface area contributed by atoms with Crippen LogP contribution < -0.4 is 10.3 Å². The minimum atomic E-state index is -4.07. The highest BCUT2D eigenvalue weighted by molar-refractivity contribution is 7.89. The van der Waals surface area contributed by atoms with E-state index >= 15 is 0 Å². The van der Waals surface area contributed by atoms with E-state index in [1.165, 1.54) is 41.0 Å². The number of aryl methyl sites for hydroxylation is 2. The predicted molar refractivity (Wildman–Crippen MR) is 151 cm³/mol. The van der Waals surface area contributed by atoms with E-state index in [0.717, 1.165) is 6.42 Å². The minimum Gasteiger partial charge on any atom is -0.493 e. The number of ether oxygens (including phenoxy) is 3. The second kappa shape index (κ2) is 14.2. The van der Waals surface area contributed by atoms with Gasteiger partial charge in [-0.2, -0.15) is 9.40 Å². The summed E-state index contributed by atoms with van der Waals surface area (Å²) in [6, 6.07) is 4.38. The molecule has 14 heteroatoms. The van der Waals surface area contributed by atoms with Crippen molar-refractivity contribution in [2.45, 2.75) is 58.3 Å². The first-order chi connectivity index (χ1) is 19.5. The highest BCUT2D eigenvalue weighted by Gasteiger charge is 2.26. The molecule has 0 bridgehead atoms. The fraction of sp³-hybridized carbons (Fsp3) is 0.519. The third-order valence-electron chi connectivity index (χ3n) is 6.11. The van der Waals surface area contributed by atoms with Crippen LogP contribution in [-0.2, 0) is 42.6 Å². The SMILES string of the molecule is CCCc1nn(C)c2c(=O)[nH]c(-c3cc(S(=O)(=O)N(CCCOC(C)=O)CCCOC(C)=O)ccc3OCC)nc12. The summed E-state index contributed by atoms with van der Waals surface area (Å²) in [5.41, 5.74) is 1.34. The lowest BCUT2D eigenvalue weighted by Crippen LogP contribution is -2.34. The Morgan fingerprint density at radius 2 is 1.68 bits per heavy atom. The lowest BCUT2D eigenvalue weighted by atomic mass is 10.1. The molecule has 0 radical (unpaired) electrons. The Morgan fingerprint density at radius 1 is 1.05 bits per heavy atom. The summed E-state index contributed by atoms with van der Waals surface area (Å²) >= 11 is 0. The molecule has 0 saturated heterocycles. The normalized spacial score (nSPS) is 11.7. The molecule has 41 heavy (non-hydrogen) atoms. The predicted octanol–water partition coefficient (Wildman–Crippen LogP) is 2.57. The number of carbonyl (C=O) groups is 2. The molecule has 0 unspecified atom stereocenters. The molecule has 0 spiro atoms. The van der Waals surface area contributed by atoms with Gasteiger partial charge in [-0.25, -0.2) is 13.4 Å². The van der Waals surface area contributed by atoms with E-state index < -0.39 is 27.5 Å². The second-order valence-electron chi connectivity index (χ2n) is 9.31. The number of nitrogens with zero attached hydrogens (tertiary/aromatic N) is 4. The molecule has 3 aromatic rings. The molecule has 2 aromatic heterocycles. The van der Waals surface area contributed by atoms with Crippen molar-refractivity contribution in [3.63, 3.8) is 0 Å². The van der Waals surface area contributed by atoms with Crippen molar-refractivity contribution in [2.75, 3.05) is 32.9 Å². The molecule has 3 rings (SSSR count). The van der Waals surface area contributed by atoms with E-state index in [1.807, 2.05) is 6.92 Å². The molecule has 0 aliphatic rings. The Morgan fingerprint density at radius 3 is 2.24 bits per heavy atom. The molecule has 1 aromatic carbocycles. The van der Waals surface area contributed by atoms with E-state index in [4.69, 9.17) is 14.2 Å². The number of benzene rings is 1. The quantitative estimate of drug-likeness (QED) is 0.205. The van der Waals surface area contributed by atoms with Crippen LogP contribution in [0.3, 0.4) is 0 Å². The number of aromatic amines is 1. The Kier molecular flexibility index (Phi) is 11.0. The lowest BCUT2D eigenvalue weighted by Gasteiger charge is -2.23. The maximum atomic E-state index is 13.8. The van der Waals surface area contributed by atoms with Crippen molar-refractivity contribution in [1.82, 2.24) is 24.1 Å². The number of esters is 2. The van der Waals surface area contributed by atoms with Gasteiger partial charge in [-0.05, 0) is 44.4 Å². The van der Waals surface area contributed by atoms with Gasteiger partial charge in [0.1, 0.15) is 17.1 Å². The summed E-state index contributed by atoms with van der Waals surface area (Å²) in [5, 5.41) is 4.44. The second-order valence-corrected chi connectivity index (χ2v) is 11.3. The molecule has 0 atom stereocenters. The average molecular weight is 592 g/mol. The molecular weight excluding hydrogens is 554 g/mol. The van der Waals surface area contributed by atoms with E-state index in [2.05, 4.69) is 15.1 Å². The van der Waals surface area contributed by atoms with Gasteiger partial charge in [-0.1, -0.05) is 13.3 Å². The van der Waals surface area contributed by atoms with Gasteiger partial charge in [0.2, 0.25) is 10.0 Å². The molecular formula is C27H37N5O8S. The topological polar surface area (TPSA) is 163 Å². The number of H-pyrrole nitrogens is 1. The third-order valence-corrected chi connectivity index (χ3v) is 8.00. The van der Waals surface area contributed by atoms with E-state index in [1.54, 1.807) is 14.0 Å². The summed E-state index contributed by atoms with van der Waals surface area (Å²) in [6.45, 7) is 6.89. The molecule has 0 fully saturated rings. The van der Waals surface area contributed by atoms with Crippen molar-refractivity contribution < 1.29 is 32.2 Å². The Bertz CT molecular complexity index is 1530. The third kappa shape index (κ3) is 7.91. The van der Waals surface area contributed by atoms with E-state index in [-0.39, 0.29) is 49.9 Å². The number of sulfonamides is 1. The first-order valence-corrected chi connectivity index (χ1v) is 14.9. The van der Waals surface area contributed by atoms with Gasteiger partial charge >= 0.3 is 11.9 Å². The number of hydrogen-bond donors (Lipinski definition) is 1. The molecule has 0 saturated carbocycles. The van der Waals surface area contributed by atoms with Crippen LogP contribution in [0.2, 0.25) is 0 Å². The number of hydrogen-bond acceptors (Lipinski definition) is 10. The van der Waals surface area contributed by atoms with Crippen LogP contribution in [0.4, 0.5) is 0 Å². The zero-order valence-electron chi connectivity index (χ0n) is 24.1. The number of carbonyl (C=O) groups excluding carboxylic acids is 2. The minimum absolute atomic E-state index is 0.0429. The Labute approximate surface area is 238 Å². The molecule has 0 aliphatic heterocycles. The average Bonchev–Trinajstić information content (AvgIpc) is 3.23. The zero-order valence-corrected chi connectivity index (χ0v) is 24.9. The largest absolute Gasteiger partial charge is 0.493 e. The van der Waals surface area contributed by atoms with Gasteiger partial charge in [-0.15, -0.1) is 0 Å². The molecule has 224 valence electrons. The van der Waals surface area contributed by atoms with Crippen LogP contribution in [0.1, 0.15) is 52.7 Å². The Balaban J connectivity index is 2.05. The molecule has 2 heterocycles. The van der Waals surface area contributed by atoms with Gasteiger partial charge in [0, 0.05) is 34.0 Å². The van der Waals surface area contributed by atoms with Gasteiger partial charge in [-0.3, -0.25) is 19.1 Å². The van der Waals surface area contributed by atoms with E-state index in [9.17, 15) is 22.8 Å². The summed E-state index contributed by atoms with van der Waals surface area (Å²) in [4.78, 5) is 42.8. The summed E-state index contributed by atoms with van der Waals surface area (Å²) in [6.07, 6.45) is 1.96. The van der Waals surface area contributed by atoms with Gasteiger partial charge in [0.15, 0.2) is 5.52 Å². The van der Waals surface area contributed by atoms with Crippen LogP contribution >= 0.6 is 0 Å². The number of nitrogens with one attached hydrogen (secondary N) is 1. The van der Waals surface area contributed by atoms with Crippen LogP contribution in [-0.4, -0.2) is 77.3 Å². The monoisotopic (exact) mass is 591 g/mol. The molecule has 1 N–H and O–H groups in total. The molecule has 0 aliphatic carbocycles. The van der Waals surface area contributed by atoms with Crippen LogP contribution in [0.25, 0.3) is 22.4 Å². The van der Waals surface area contributed by atoms with Gasteiger partial charge < -0.3 is 19.2 Å². The summed E-state index contributed by atoms with van der Waals surface area (Å²) in [7, 11) is -2.39. The summed E-state index contributed by atoms with van der Waals surface area (Å²) in [5.74, 6) is -0.407. The van der Waals surface area contributed by atoms with Crippen molar-refractivity contribution >= 4 is 33.0 Å².